The van der Waals surface area contributed by atoms with Gasteiger partial charge in [-0.3, -0.25) is 14.5 Å². The average Bonchev–Trinajstić information content (AvgIpc) is 2.97. The molecular weight excluding hydrogens is 288 g/mol. The summed E-state index contributed by atoms with van der Waals surface area (Å²) in [7, 11) is 0. The molecule has 0 saturated carbocycles. The first-order valence-corrected chi connectivity index (χ1v) is 8.39. The van der Waals surface area contributed by atoms with Crippen LogP contribution in [0.15, 0.2) is 30.7 Å². The lowest BCUT2D eigenvalue weighted by Gasteiger charge is -2.32. The van der Waals surface area contributed by atoms with Gasteiger partial charge in [-0.15, -0.1) is 0 Å². The molecule has 2 aromatic rings. The van der Waals surface area contributed by atoms with Gasteiger partial charge in [-0.1, -0.05) is 0 Å². The van der Waals surface area contributed by atoms with Crippen LogP contribution in [0.2, 0.25) is 0 Å². The minimum atomic E-state index is 0.129. The van der Waals surface area contributed by atoms with Crippen molar-refractivity contribution >= 4 is 5.91 Å². The van der Waals surface area contributed by atoms with E-state index in [9.17, 15) is 4.79 Å². The standard InChI is InChI=1S/C18H24N4O/c1-3-22-13-17(14(2)20-22)18(23)21-10-6-16(7-11-21)12-15-4-8-19-9-5-15/h4-5,8-9,13,16H,3,6-7,10-12H2,1-2H3. The Bertz CT molecular complexity index is 657. The summed E-state index contributed by atoms with van der Waals surface area (Å²) < 4.78 is 1.83. The molecular formula is C18H24N4O. The Morgan fingerprint density at radius 3 is 2.57 bits per heavy atom. The van der Waals surface area contributed by atoms with Crippen molar-refractivity contribution in [3.63, 3.8) is 0 Å². The monoisotopic (exact) mass is 312 g/mol. The molecule has 1 aliphatic rings. The van der Waals surface area contributed by atoms with E-state index >= 15 is 0 Å². The van der Waals surface area contributed by atoms with Crippen LogP contribution in [-0.4, -0.2) is 38.7 Å². The Morgan fingerprint density at radius 2 is 1.96 bits per heavy atom. The van der Waals surface area contributed by atoms with Gasteiger partial charge in [0.05, 0.1) is 11.3 Å². The maximum absolute atomic E-state index is 12.7. The number of nitrogens with zero attached hydrogens (tertiary/aromatic N) is 4. The number of hydrogen-bond acceptors (Lipinski definition) is 3. The molecule has 3 heterocycles. The van der Waals surface area contributed by atoms with Crippen molar-refractivity contribution in [1.82, 2.24) is 19.7 Å². The molecule has 0 aliphatic carbocycles. The highest BCUT2D eigenvalue weighted by atomic mass is 16.2. The Morgan fingerprint density at radius 1 is 1.26 bits per heavy atom. The van der Waals surface area contributed by atoms with E-state index in [-0.39, 0.29) is 5.91 Å². The van der Waals surface area contributed by atoms with Gasteiger partial charge in [0.15, 0.2) is 0 Å². The summed E-state index contributed by atoms with van der Waals surface area (Å²) in [5.41, 5.74) is 2.92. The van der Waals surface area contributed by atoms with Gasteiger partial charge in [0.25, 0.3) is 5.91 Å². The smallest absolute Gasteiger partial charge is 0.257 e. The summed E-state index contributed by atoms with van der Waals surface area (Å²) in [6.45, 7) is 6.42. The number of aryl methyl sites for hydroxylation is 2. The zero-order chi connectivity index (χ0) is 16.2. The first-order valence-electron chi connectivity index (χ1n) is 8.39. The molecule has 0 unspecified atom stereocenters. The third kappa shape index (κ3) is 3.60. The fourth-order valence-corrected chi connectivity index (χ4v) is 3.25. The molecule has 5 nitrogen and oxygen atoms in total. The van der Waals surface area contributed by atoms with Crippen LogP contribution in [0, 0.1) is 12.8 Å². The van der Waals surface area contributed by atoms with Gasteiger partial charge in [0.2, 0.25) is 0 Å². The van der Waals surface area contributed by atoms with Crippen LogP contribution in [0.4, 0.5) is 0 Å². The summed E-state index contributed by atoms with van der Waals surface area (Å²) in [5, 5.41) is 4.38. The van der Waals surface area contributed by atoms with Crippen molar-refractivity contribution in [3.8, 4) is 0 Å². The van der Waals surface area contributed by atoms with Gasteiger partial charge >= 0.3 is 0 Å². The molecule has 2 aromatic heterocycles. The largest absolute Gasteiger partial charge is 0.339 e. The van der Waals surface area contributed by atoms with Gasteiger partial charge < -0.3 is 4.90 Å². The predicted octanol–water partition coefficient (Wildman–Crippen LogP) is 2.70. The first kappa shape index (κ1) is 15.7. The summed E-state index contributed by atoms with van der Waals surface area (Å²) >= 11 is 0. The molecule has 3 rings (SSSR count). The van der Waals surface area contributed by atoms with Crippen LogP contribution >= 0.6 is 0 Å². The second-order valence-corrected chi connectivity index (χ2v) is 6.28. The van der Waals surface area contributed by atoms with Gasteiger partial charge in [-0.25, -0.2) is 0 Å². The fourth-order valence-electron chi connectivity index (χ4n) is 3.25. The number of rotatable bonds is 4. The molecule has 0 spiro atoms. The van der Waals surface area contributed by atoms with Crippen molar-refractivity contribution in [1.29, 1.82) is 0 Å². The van der Waals surface area contributed by atoms with Gasteiger partial charge in [0.1, 0.15) is 0 Å². The predicted molar refractivity (Wildman–Crippen MR) is 89.2 cm³/mol. The summed E-state index contributed by atoms with van der Waals surface area (Å²) in [6.07, 6.45) is 8.78. The highest BCUT2D eigenvalue weighted by molar-refractivity contribution is 5.95. The third-order valence-electron chi connectivity index (χ3n) is 4.68. The van der Waals surface area contributed by atoms with E-state index in [1.165, 1.54) is 5.56 Å². The van der Waals surface area contributed by atoms with Crippen LogP contribution in [0.1, 0.15) is 41.4 Å². The minimum Gasteiger partial charge on any atom is -0.339 e. The second-order valence-electron chi connectivity index (χ2n) is 6.28. The van der Waals surface area contributed by atoms with Crippen LogP contribution in [0.5, 0.6) is 0 Å². The SMILES string of the molecule is CCn1cc(C(=O)N2CCC(Cc3ccncc3)CC2)c(C)n1. The van der Waals surface area contributed by atoms with E-state index < -0.39 is 0 Å². The van der Waals surface area contributed by atoms with Crippen molar-refractivity contribution in [2.45, 2.75) is 39.7 Å². The van der Waals surface area contributed by atoms with Crippen LogP contribution < -0.4 is 0 Å². The van der Waals surface area contributed by atoms with Crippen molar-refractivity contribution < 1.29 is 4.79 Å². The molecule has 1 fully saturated rings. The third-order valence-corrected chi connectivity index (χ3v) is 4.68. The maximum Gasteiger partial charge on any atom is 0.257 e. The Balaban J connectivity index is 1.58. The lowest BCUT2D eigenvalue weighted by Crippen LogP contribution is -2.39. The van der Waals surface area contributed by atoms with Crippen LogP contribution in [0.3, 0.4) is 0 Å². The van der Waals surface area contributed by atoms with E-state index in [4.69, 9.17) is 0 Å². The number of hydrogen-bond donors (Lipinski definition) is 0. The maximum atomic E-state index is 12.7. The average molecular weight is 312 g/mol. The zero-order valence-electron chi connectivity index (χ0n) is 13.9. The first-order chi connectivity index (χ1) is 11.2. The minimum absolute atomic E-state index is 0.129. The van der Waals surface area contributed by atoms with Crippen LogP contribution in [0.25, 0.3) is 0 Å². The second kappa shape index (κ2) is 6.94. The number of piperidine rings is 1. The molecule has 0 atom stereocenters. The van der Waals surface area contributed by atoms with Gasteiger partial charge in [-0.05, 0) is 56.7 Å². The van der Waals surface area contributed by atoms with Gasteiger partial charge in [0, 0.05) is 38.2 Å². The highest BCUT2D eigenvalue weighted by Crippen LogP contribution is 2.23. The topological polar surface area (TPSA) is 51.0 Å². The molecule has 0 aromatic carbocycles. The molecule has 1 aliphatic heterocycles. The molecule has 0 radical (unpaired) electrons. The quantitative estimate of drug-likeness (QED) is 0.872. The summed E-state index contributed by atoms with van der Waals surface area (Å²) in [5.74, 6) is 0.783. The molecule has 1 amide bonds. The Hall–Kier alpha value is -2.17. The zero-order valence-corrected chi connectivity index (χ0v) is 13.9. The van der Waals surface area contributed by atoms with Crippen molar-refractivity contribution in [2.75, 3.05) is 13.1 Å². The number of likely N-dealkylation sites (tertiary alicyclic amines) is 1. The molecule has 0 bridgehead atoms. The normalized spacial score (nSPS) is 15.8. The van der Waals surface area contributed by atoms with E-state index in [0.717, 1.165) is 50.2 Å². The van der Waals surface area contributed by atoms with Crippen LogP contribution in [-0.2, 0) is 13.0 Å². The summed E-state index contributed by atoms with van der Waals surface area (Å²) in [4.78, 5) is 18.7. The lowest BCUT2D eigenvalue weighted by atomic mass is 9.90. The fraction of sp³-hybridized carbons (Fsp3) is 0.500. The molecule has 122 valence electrons. The van der Waals surface area contributed by atoms with E-state index in [1.54, 1.807) is 0 Å². The number of aromatic nitrogens is 3. The Labute approximate surface area is 137 Å². The van der Waals surface area contributed by atoms with Gasteiger partial charge in [-0.2, -0.15) is 5.10 Å². The number of carbonyl (C=O) groups excluding carboxylic acids is 1. The number of amides is 1. The molecule has 0 N–H and O–H groups in total. The Kier molecular flexibility index (Phi) is 4.74. The number of pyridine rings is 1. The molecule has 5 heteroatoms. The molecule has 23 heavy (non-hydrogen) atoms. The highest BCUT2D eigenvalue weighted by Gasteiger charge is 2.25. The van der Waals surface area contributed by atoms with E-state index in [0.29, 0.717) is 5.92 Å². The number of carbonyl (C=O) groups is 1. The van der Waals surface area contributed by atoms with E-state index in [2.05, 4.69) is 22.2 Å². The van der Waals surface area contributed by atoms with Crippen molar-refractivity contribution in [2.24, 2.45) is 5.92 Å². The molecule has 1 saturated heterocycles. The van der Waals surface area contributed by atoms with E-state index in [1.807, 2.05) is 42.0 Å². The summed E-state index contributed by atoms with van der Waals surface area (Å²) in [6, 6.07) is 4.17. The lowest BCUT2D eigenvalue weighted by molar-refractivity contribution is 0.0690. The van der Waals surface area contributed by atoms with Crippen molar-refractivity contribution in [3.05, 3.63) is 47.5 Å².